The topological polar surface area (TPSA) is 54.4 Å². The highest BCUT2D eigenvalue weighted by molar-refractivity contribution is 5.63. The first-order valence-corrected chi connectivity index (χ1v) is 8.24. The van der Waals surface area contributed by atoms with Crippen molar-refractivity contribution in [2.24, 2.45) is 10.8 Å². The lowest BCUT2D eigenvalue weighted by atomic mass is 9.96. The van der Waals surface area contributed by atoms with Crippen molar-refractivity contribution in [2.75, 3.05) is 0 Å². The molecular weight excluding hydrogens is 252 g/mol. The number of rotatable bonds is 12. The summed E-state index contributed by atoms with van der Waals surface area (Å²) in [5.41, 5.74) is 0.0523. The summed E-state index contributed by atoms with van der Waals surface area (Å²) in [5, 5.41) is 9.91. The van der Waals surface area contributed by atoms with Gasteiger partial charge < -0.3 is 14.7 Å². The van der Waals surface area contributed by atoms with E-state index in [0.29, 0.717) is 0 Å². The Bertz CT molecular complexity index is 297. The quantitative estimate of drug-likeness (QED) is 0.440. The molecule has 0 bridgehead atoms. The van der Waals surface area contributed by atoms with Gasteiger partial charge in [0.1, 0.15) is 12.6 Å². The molecule has 0 unspecified atom stereocenters. The third kappa shape index (κ3) is 4.69. The molecule has 1 N–H and O–H groups in total. The van der Waals surface area contributed by atoms with Gasteiger partial charge in [-0.25, -0.2) is 0 Å². The second-order valence-electron chi connectivity index (χ2n) is 7.11. The van der Waals surface area contributed by atoms with Crippen molar-refractivity contribution in [1.29, 1.82) is 0 Å². The van der Waals surface area contributed by atoms with Crippen LogP contribution in [0.4, 0.5) is 0 Å². The lowest BCUT2D eigenvalue weighted by molar-refractivity contribution is -0.113. The van der Waals surface area contributed by atoms with Gasteiger partial charge in [-0.2, -0.15) is 0 Å². The molecule has 0 heterocycles. The van der Waals surface area contributed by atoms with E-state index < -0.39 is 0 Å². The van der Waals surface area contributed by atoms with Gasteiger partial charge in [0, 0.05) is 10.8 Å². The predicted molar refractivity (Wildman–Crippen MR) is 78.4 cm³/mol. The zero-order chi connectivity index (χ0) is 14.5. The molecule has 2 aliphatic rings. The Morgan fingerprint density at radius 3 is 1.50 bits per heavy atom. The van der Waals surface area contributed by atoms with Crippen molar-refractivity contribution in [2.45, 2.75) is 83.2 Å². The van der Waals surface area contributed by atoms with Crippen LogP contribution in [0, 0.1) is 10.8 Å². The Kier molecular flexibility index (Phi) is 5.36. The summed E-state index contributed by atoms with van der Waals surface area (Å²) in [5.74, 6) is 0. The fourth-order valence-corrected chi connectivity index (χ4v) is 3.03. The summed E-state index contributed by atoms with van der Waals surface area (Å²) < 4.78 is 0. The van der Waals surface area contributed by atoms with E-state index in [1.54, 1.807) is 0 Å². The van der Waals surface area contributed by atoms with Gasteiger partial charge in [0.05, 0.1) is 6.10 Å². The van der Waals surface area contributed by atoms with Crippen LogP contribution in [0.25, 0.3) is 0 Å². The van der Waals surface area contributed by atoms with E-state index in [9.17, 15) is 14.7 Å². The Balaban J connectivity index is 1.43. The van der Waals surface area contributed by atoms with Crippen LogP contribution in [-0.2, 0) is 9.59 Å². The van der Waals surface area contributed by atoms with Crippen LogP contribution >= 0.6 is 0 Å². The molecule has 20 heavy (non-hydrogen) atoms. The molecule has 0 aromatic heterocycles. The highest BCUT2D eigenvalue weighted by Gasteiger charge is 2.42. The van der Waals surface area contributed by atoms with Gasteiger partial charge in [-0.05, 0) is 51.4 Å². The molecule has 2 saturated carbocycles. The van der Waals surface area contributed by atoms with Crippen LogP contribution in [0.3, 0.4) is 0 Å². The SMILES string of the molecule is O=CC1(CCCCC(O)CCCCC2(C=O)CC2)CC1. The van der Waals surface area contributed by atoms with Crippen molar-refractivity contribution in [3.05, 3.63) is 0 Å². The number of carbonyl (C=O) groups is 2. The summed E-state index contributed by atoms with van der Waals surface area (Å²) >= 11 is 0. The fraction of sp³-hybridized carbons (Fsp3) is 0.882. The van der Waals surface area contributed by atoms with E-state index >= 15 is 0 Å². The minimum absolute atomic E-state index is 0.0262. The molecule has 3 heteroatoms. The number of carbonyl (C=O) groups excluding carboxylic acids is 2. The maximum absolute atomic E-state index is 10.8. The minimum atomic E-state index is -0.201. The highest BCUT2D eigenvalue weighted by atomic mass is 16.3. The maximum Gasteiger partial charge on any atom is 0.126 e. The largest absolute Gasteiger partial charge is 0.393 e. The number of aliphatic hydroxyl groups excluding tert-OH is 1. The third-order valence-electron chi connectivity index (χ3n) is 5.21. The van der Waals surface area contributed by atoms with Crippen LogP contribution in [0.1, 0.15) is 77.0 Å². The smallest absolute Gasteiger partial charge is 0.126 e. The molecule has 0 spiro atoms. The first-order valence-electron chi connectivity index (χ1n) is 8.24. The molecule has 0 saturated heterocycles. The van der Waals surface area contributed by atoms with Crippen molar-refractivity contribution >= 4 is 12.6 Å². The van der Waals surface area contributed by atoms with E-state index in [-0.39, 0.29) is 16.9 Å². The molecule has 114 valence electrons. The van der Waals surface area contributed by atoms with Crippen LogP contribution in [0.5, 0.6) is 0 Å². The van der Waals surface area contributed by atoms with Gasteiger partial charge in [-0.15, -0.1) is 0 Å². The molecule has 3 nitrogen and oxygen atoms in total. The van der Waals surface area contributed by atoms with Gasteiger partial charge in [-0.1, -0.05) is 25.7 Å². The lowest BCUT2D eigenvalue weighted by Gasteiger charge is -2.12. The summed E-state index contributed by atoms with van der Waals surface area (Å²) in [6.45, 7) is 0. The lowest BCUT2D eigenvalue weighted by Crippen LogP contribution is -2.08. The average molecular weight is 280 g/mol. The van der Waals surface area contributed by atoms with Gasteiger partial charge >= 0.3 is 0 Å². The Morgan fingerprint density at radius 2 is 1.20 bits per heavy atom. The van der Waals surface area contributed by atoms with Crippen molar-refractivity contribution < 1.29 is 14.7 Å². The van der Waals surface area contributed by atoms with E-state index in [2.05, 4.69) is 0 Å². The average Bonchev–Trinajstić information content (AvgIpc) is 3.36. The zero-order valence-electron chi connectivity index (χ0n) is 12.5. The molecule has 2 aliphatic carbocycles. The summed E-state index contributed by atoms with van der Waals surface area (Å²) in [6, 6.07) is 0. The first-order chi connectivity index (χ1) is 9.64. The second kappa shape index (κ2) is 6.84. The molecule has 0 amide bonds. The molecule has 2 fully saturated rings. The molecule has 2 rings (SSSR count). The van der Waals surface area contributed by atoms with E-state index in [4.69, 9.17) is 0 Å². The first kappa shape index (κ1) is 15.7. The Labute approximate surface area is 122 Å². The van der Waals surface area contributed by atoms with Gasteiger partial charge in [-0.3, -0.25) is 0 Å². The van der Waals surface area contributed by atoms with Crippen LogP contribution < -0.4 is 0 Å². The van der Waals surface area contributed by atoms with Crippen LogP contribution in [-0.4, -0.2) is 23.8 Å². The fourth-order valence-electron chi connectivity index (χ4n) is 3.03. The minimum Gasteiger partial charge on any atom is -0.393 e. The Morgan fingerprint density at radius 1 is 0.800 bits per heavy atom. The third-order valence-corrected chi connectivity index (χ3v) is 5.21. The standard InChI is InChI=1S/C17H28O3/c18-13-16(9-10-16)7-3-1-5-15(20)6-2-4-8-17(14-19)11-12-17/h13-15,20H,1-12H2. The van der Waals surface area contributed by atoms with E-state index in [1.807, 2.05) is 0 Å². The number of hydrogen-bond donors (Lipinski definition) is 1. The number of aliphatic hydroxyl groups is 1. The van der Waals surface area contributed by atoms with E-state index in [1.165, 1.54) is 0 Å². The van der Waals surface area contributed by atoms with Crippen LogP contribution in [0.2, 0.25) is 0 Å². The maximum atomic E-state index is 10.8. The summed E-state index contributed by atoms with van der Waals surface area (Å²) in [6.07, 6.45) is 14.2. The summed E-state index contributed by atoms with van der Waals surface area (Å²) in [4.78, 5) is 21.7. The summed E-state index contributed by atoms with van der Waals surface area (Å²) in [7, 11) is 0. The molecule has 0 atom stereocenters. The van der Waals surface area contributed by atoms with E-state index in [0.717, 1.165) is 89.6 Å². The normalized spacial score (nSPS) is 21.7. The zero-order valence-corrected chi connectivity index (χ0v) is 12.5. The van der Waals surface area contributed by atoms with Crippen molar-refractivity contribution in [3.8, 4) is 0 Å². The monoisotopic (exact) mass is 280 g/mol. The van der Waals surface area contributed by atoms with Gasteiger partial charge in [0.25, 0.3) is 0 Å². The number of aldehydes is 2. The number of unbranched alkanes of at least 4 members (excludes halogenated alkanes) is 2. The van der Waals surface area contributed by atoms with Gasteiger partial charge in [0.15, 0.2) is 0 Å². The molecule has 0 aromatic rings. The Hall–Kier alpha value is -0.700. The second-order valence-corrected chi connectivity index (χ2v) is 7.11. The van der Waals surface area contributed by atoms with Gasteiger partial charge in [0.2, 0.25) is 0 Å². The van der Waals surface area contributed by atoms with Crippen molar-refractivity contribution in [3.63, 3.8) is 0 Å². The molecule has 0 aliphatic heterocycles. The van der Waals surface area contributed by atoms with Crippen molar-refractivity contribution in [1.82, 2.24) is 0 Å². The highest BCUT2D eigenvalue weighted by Crippen LogP contribution is 2.48. The predicted octanol–water partition coefficient (Wildman–Crippen LogP) is 3.43. The molecule has 0 aromatic carbocycles. The molecular formula is C17H28O3. The van der Waals surface area contributed by atoms with Crippen LogP contribution in [0.15, 0.2) is 0 Å². The number of hydrogen-bond acceptors (Lipinski definition) is 3. The molecule has 0 radical (unpaired) electrons.